The number of hydrogen-bond acceptors (Lipinski definition) is 7. The molecule has 0 aliphatic heterocycles. The summed E-state index contributed by atoms with van der Waals surface area (Å²) < 4.78 is 10.5. The molecule has 0 aliphatic rings. The summed E-state index contributed by atoms with van der Waals surface area (Å²) in [5, 5.41) is 22.3. The molecule has 0 atom stereocenters. The average Bonchev–Trinajstić information content (AvgIpc) is 3.21. The van der Waals surface area contributed by atoms with Crippen LogP contribution in [0.25, 0.3) is 16.7 Å². The lowest BCUT2D eigenvalue weighted by Gasteiger charge is -2.07. The number of rotatable bonds is 7. The number of carbonyl (C=O) groups is 1. The van der Waals surface area contributed by atoms with Gasteiger partial charge in [-0.1, -0.05) is 0 Å². The SMILES string of the molecule is COc1ccc(-n2nc3ccc(NC(=O)COc4ccc([N+](=O)[O-])cc4)cc3n2)cc1. The van der Waals surface area contributed by atoms with Gasteiger partial charge in [0.25, 0.3) is 11.6 Å². The van der Waals surface area contributed by atoms with Crippen molar-refractivity contribution < 1.29 is 19.2 Å². The van der Waals surface area contributed by atoms with E-state index in [1.54, 1.807) is 25.3 Å². The van der Waals surface area contributed by atoms with Crippen molar-refractivity contribution in [1.29, 1.82) is 0 Å². The number of nitro groups is 1. The Hall–Kier alpha value is -4.47. The topological polar surface area (TPSA) is 121 Å². The van der Waals surface area contributed by atoms with Crippen LogP contribution in [0.15, 0.2) is 66.7 Å². The molecule has 3 aromatic carbocycles. The highest BCUT2D eigenvalue weighted by Gasteiger charge is 2.10. The van der Waals surface area contributed by atoms with Gasteiger partial charge in [-0.25, -0.2) is 0 Å². The van der Waals surface area contributed by atoms with Crippen LogP contribution in [0, 0.1) is 10.1 Å². The largest absolute Gasteiger partial charge is 0.497 e. The lowest BCUT2D eigenvalue weighted by atomic mass is 10.3. The summed E-state index contributed by atoms with van der Waals surface area (Å²) in [5.74, 6) is 0.722. The van der Waals surface area contributed by atoms with Gasteiger partial charge in [-0.15, -0.1) is 10.2 Å². The predicted molar refractivity (Wildman–Crippen MR) is 113 cm³/mol. The zero-order valence-corrected chi connectivity index (χ0v) is 16.4. The average molecular weight is 419 g/mol. The predicted octanol–water partition coefficient (Wildman–Crippen LogP) is 3.35. The molecule has 0 bridgehead atoms. The second-order valence-electron chi connectivity index (χ2n) is 6.48. The van der Waals surface area contributed by atoms with Crippen LogP contribution in [-0.4, -0.2) is 39.5 Å². The maximum Gasteiger partial charge on any atom is 0.269 e. The van der Waals surface area contributed by atoms with Crippen LogP contribution in [0.2, 0.25) is 0 Å². The molecule has 10 heteroatoms. The molecule has 0 unspecified atom stereocenters. The third-order valence-electron chi connectivity index (χ3n) is 4.38. The molecule has 1 heterocycles. The minimum atomic E-state index is -0.503. The molecule has 0 spiro atoms. The van der Waals surface area contributed by atoms with Crippen molar-refractivity contribution in [1.82, 2.24) is 15.0 Å². The number of amides is 1. The highest BCUT2D eigenvalue weighted by atomic mass is 16.6. The lowest BCUT2D eigenvalue weighted by molar-refractivity contribution is -0.384. The van der Waals surface area contributed by atoms with Crippen LogP contribution in [0.4, 0.5) is 11.4 Å². The number of aromatic nitrogens is 3. The van der Waals surface area contributed by atoms with Crippen LogP contribution in [0.3, 0.4) is 0 Å². The highest BCUT2D eigenvalue weighted by molar-refractivity contribution is 5.93. The molecule has 1 N–H and O–H groups in total. The second kappa shape index (κ2) is 8.49. The van der Waals surface area contributed by atoms with Gasteiger partial charge in [-0.05, 0) is 54.6 Å². The Morgan fingerprint density at radius 1 is 1.00 bits per heavy atom. The maximum absolute atomic E-state index is 12.2. The van der Waals surface area contributed by atoms with Crippen molar-refractivity contribution in [3.05, 3.63) is 76.8 Å². The Morgan fingerprint density at radius 2 is 1.68 bits per heavy atom. The molecule has 1 amide bonds. The number of ether oxygens (including phenoxy) is 2. The Labute approximate surface area is 176 Å². The third-order valence-corrected chi connectivity index (χ3v) is 4.38. The van der Waals surface area contributed by atoms with Gasteiger partial charge in [0.2, 0.25) is 0 Å². The minimum absolute atomic E-state index is 0.0483. The van der Waals surface area contributed by atoms with E-state index in [1.165, 1.54) is 29.1 Å². The van der Waals surface area contributed by atoms with Crippen molar-refractivity contribution in [2.75, 3.05) is 19.0 Å². The number of carbonyl (C=O) groups excluding carboxylic acids is 1. The molecule has 4 aromatic rings. The molecule has 31 heavy (non-hydrogen) atoms. The minimum Gasteiger partial charge on any atom is -0.497 e. The number of fused-ring (bicyclic) bond motifs is 1. The van der Waals surface area contributed by atoms with Gasteiger partial charge in [0, 0.05) is 17.8 Å². The van der Waals surface area contributed by atoms with Gasteiger partial charge in [0.15, 0.2) is 6.61 Å². The van der Waals surface area contributed by atoms with E-state index in [4.69, 9.17) is 9.47 Å². The van der Waals surface area contributed by atoms with E-state index < -0.39 is 4.92 Å². The van der Waals surface area contributed by atoms with Gasteiger partial charge in [-0.3, -0.25) is 14.9 Å². The summed E-state index contributed by atoms with van der Waals surface area (Å²) >= 11 is 0. The molecule has 0 fully saturated rings. The number of hydrogen-bond donors (Lipinski definition) is 1. The van der Waals surface area contributed by atoms with Crippen LogP contribution in [-0.2, 0) is 4.79 Å². The Bertz CT molecular complexity index is 1240. The van der Waals surface area contributed by atoms with Crippen molar-refractivity contribution in [3.63, 3.8) is 0 Å². The van der Waals surface area contributed by atoms with Crippen molar-refractivity contribution >= 4 is 28.3 Å². The smallest absolute Gasteiger partial charge is 0.269 e. The zero-order valence-electron chi connectivity index (χ0n) is 16.4. The summed E-state index contributed by atoms with van der Waals surface area (Å²) in [4.78, 5) is 23.9. The van der Waals surface area contributed by atoms with Gasteiger partial charge < -0.3 is 14.8 Å². The standard InChI is InChI=1S/C21H17N5O5/c1-30-17-7-3-15(4-8-17)25-23-19-11-2-14(12-20(19)24-25)22-21(27)13-31-18-9-5-16(6-10-18)26(28)29/h2-12H,13H2,1H3,(H,22,27). The first-order valence-electron chi connectivity index (χ1n) is 9.20. The van der Waals surface area contributed by atoms with Crippen LogP contribution in [0.1, 0.15) is 0 Å². The van der Waals surface area contributed by atoms with Crippen LogP contribution in [0.5, 0.6) is 11.5 Å². The first-order valence-corrected chi connectivity index (χ1v) is 9.20. The first kappa shape index (κ1) is 19.8. The quantitative estimate of drug-likeness (QED) is 0.360. The molecule has 10 nitrogen and oxygen atoms in total. The van der Waals surface area contributed by atoms with E-state index in [0.717, 1.165) is 11.4 Å². The molecule has 1 aromatic heterocycles. The zero-order chi connectivity index (χ0) is 21.8. The number of benzene rings is 3. The van der Waals surface area contributed by atoms with E-state index in [0.29, 0.717) is 22.5 Å². The summed E-state index contributed by atoms with van der Waals surface area (Å²) in [6.45, 7) is -0.242. The monoisotopic (exact) mass is 419 g/mol. The molecular formula is C21H17N5O5. The number of anilines is 1. The summed E-state index contributed by atoms with van der Waals surface area (Å²) in [7, 11) is 1.60. The number of methoxy groups -OCH3 is 1. The maximum atomic E-state index is 12.2. The molecule has 0 radical (unpaired) electrons. The van der Waals surface area contributed by atoms with Gasteiger partial charge in [0.1, 0.15) is 22.5 Å². The van der Waals surface area contributed by atoms with Crippen molar-refractivity contribution in [2.45, 2.75) is 0 Å². The Kier molecular flexibility index (Phi) is 5.43. The Balaban J connectivity index is 1.40. The normalized spacial score (nSPS) is 10.6. The van der Waals surface area contributed by atoms with Gasteiger partial charge in [-0.2, -0.15) is 4.80 Å². The summed E-state index contributed by atoms with van der Waals surface area (Å²) in [5.41, 5.74) is 2.57. The van der Waals surface area contributed by atoms with Gasteiger partial charge in [0.05, 0.1) is 17.7 Å². The van der Waals surface area contributed by atoms with E-state index >= 15 is 0 Å². The lowest BCUT2D eigenvalue weighted by Crippen LogP contribution is -2.20. The number of nitrogens with zero attached hydrogens (tertiary/aromatic N) is 4. The molecule has 4 rings (SSSR count). The van der Waals surface area contributed by atoms with E-state index in [9.17, 15) is 14.9 Å². The summed E-state index contributed by atoms with van der Waals surface area (Å²) in [6.07, 6.45) is 0. The fourth-order valence-corrected chi connectivity index (χ4v) is 2.83. The Morgan fingerprint density at radius 3 is 2.35 bits per heavy atom. The van der Waals surface area contributed by atoms with Crippen LogP contribution >= 0.6 is 0 Å². The highest BCUT2D eigenvalue weighted by Crippen LogP contribution is 2.20. The third kappa shape index (κ3) is 4.58. The summed E-state index contributed by atoms with van der Waals surface area (Å²) in [6, 6.07) is 18.0. The molecular weight excluding hydrogens is 402 g/mol. The molecule has 0 aliphatic carbocycles. The van der Waals surface area contributed by atoms with Crippen molar-refractivity contribution in [3.8, 4) is 17.2 Å². The molecule has 0 saturated carbocycles. The van der Waals surface area contributed by atoms with E-state index in [2.05, 4.69) is 15.5 Å². The second-order valence-corrected chi connectivity index (χ2v) is 6.48. The molecule has 0 saturated heterocycles. The van der Waals surface area contributed by atoms with E-state index in [-0.39, 0.29) is 18.2 Å². The fourth-order valence-electron chi connectivity index (χ4n) is 2.83. The van der Waals surface area contributed by atoms with Crippen molar-refractivity contribution in [2.24, 2.45) is 0 Å². The number of nitro benzene ring substituents is 1. The van der Waals surface area contributed by atoms with Crippen LogP contribution < -0.4 is 14.8 Å². The van der Waals surface area contributed by atoms with Gasteiger partial charge >= 0.3 is 0 Å². The fraction of sp³-hybridized carbons (Fsp3) is 0.0952. The van der Waals surface area contributed by atoms with E-state index in [1.807, 2.05) is 24.3 Å². The first-order chi connectivity index (χ1) is 15.0. The number of non-ortho nitro benzene ring substituents is 1. The number of nitrogens with one attached hydrogen (secondary N) is 1. The molecule has 156 valence electrons.